The summed E-state index contributed by atoms with van der Waals surface area (Å²) in [7, 11) is -3.92. The van der Waals surface area contributed by atoms with Crippen molar-refractivity contribution in [2.45, 2.75) is 18.7 Å². The average molecular weight is 329 g/mol. The molecule has 112 valence electrons. The fourth-order valence-corrected chi connectivity index (χ4v) is 3.42. The number of anilines is 1. The van der Waals surface area contributed by atoms with Crippen LogP contribution in [-0.4, -0.2) is 24.5 Å². The molecule has 7 nitrogen and oxygen atoms in total. The molecule has 21 heavy (non-hydrogen) atoms. The summed E-state index contributed by atoms with van der Waals surface area (Å²) in [6.45, 7) is 3.21. The van der Waals surface area contributed by atoms with E-state index in [1.54, 1.807) is 26.0 Å². The Morgan fingerprint density at radius 1 is 1.38 bits per heavy atom. The molecule has 0 aliphatic rings. The highest BCUT2D eigenvalue weighted by Crippen LogP contribution is 2.25. The molecular formula is C12H13ClN4O3S. The van der Waals surface area contributed by atoms with Gasteiger partial charge in [0.2, 0.25) is 0 Å². The highest BCUT2D eigenvalue weighted by atomic mass is 35.5. The molecule has 0 atom stereocenters. The van der Waals surface area contributed by atoms with Crippen molar-refractivity contribution in [2.75, 3.05) is 4.72 Å². The van der Waals surface area contributed by atoms with Crippen molar-refractivity contribution in [3.63, 3.8) is 0 Å². The Balaban J connectivity index is 2.50. The lowest BCUT2D eigenvalue weighted by molar-refractivity contribution is 0.0996. The maximum Gasteiger partial charge on any atom is 0.271 e. The molecule has 0 unspecified atom stereocenters. The van der Waals surface area contributed by atoms with Crippen LogP contribution in [0, 0.1) is 13.8 Å². The molecule has 0 spiro atoms. The molecule has 4 N–H and O–H groups in total. The predicted molar refractivity (Wildman–Crippen MR) is 78.8 cm³/mol. The first-order chi connectivity index (χ1) is 9.72. The maximum atomic E-state index is 12.4. The minimum atomic E-state index is -3.92. The zero-order valence-corrected chi connectivity index (χ0v) is 12.8. The number of carbonyl (C=O) groups excluding carboxylic acids is 1. The van der Waals surface area contributed by atoms with Crippen LogP contribution < -0.4 is 10.5 Å². The lowest BCUT2D eigenvalue weighted by Gasteiger charge is -2.11. The Morgan fingerprint density at radius 2 is 2.05 bits per heavy atom. The lowest BCUT2D eigenvalue weighted by atomic mass is 10.2. The van der Waals surface area contributed by atoms with E-state index >= 15 is 0 Å². The maximum absolute atomic E-state index is 12.4. The summed E-state index contributed by atoms with van der Waals surface area (Å²) in [5, 5.41) is 6.49. The predicted octanol–water partition coefficient (Wildman–Crippen LogP) is 1.58. The van der Waals surface area contributed by atoms with Gasteiger partial charge in [0.15, 0.2) is 5.69 Å². The van der Waals surface area contributed by atoms with E-state index in [9.17, 15) is 13.2 Å². The summed E-state index contributed by atoms with van der Waals surface area (Å²) in [4.78, 5) is 11.3. The number of hydrogen-bond donors (Lipinski definition) is 3. The van der Waals surface area contributed by atoms with Crippen LogP contribution in [0.4, 0.5) is 5.69 Å². The van der Waals surface area contributed by atoms with Crippen LogP contribution in [0.2, 0.25) is 5.02 Å². The highest BCUT2D eigenvalue weighted by molar-refractivity contribution is 7.92. The number of amides is 1. The Hall–Kier alpha value is -2.06. The molecule has 1 heterocycles. The molecule has 1 aromatic heterocycles. The number of aryl methyl sites for hydroxylation is 2. The molecule has 0 bridgehead atoms. The second kappa shape index (κ2) is 5.38. The monoisotopic (exact) mass is 328 g/mol. The Labute approximate surface area is 126 Å². The van der Waals surface area contributed by atoms with Crippen LogP contribution in [0.25, 0.3) is 0 Å². The molecule has 2 rings (SSSR count). The molecule has 0 aliphatic heterocycles. The van der Waals surface area contributed by atoms with E-state index in [0.717, 1.165) is 0 Å². The summed E-state index contributed by atoms with van der Waals surface area (Å²) in [6.07, 6.45) is 0. The summed E-state index contributed by atoms with van der Waals surface area (Å²) in [6, 6.07) is 4.51. The number of nitrogens with one attached hydrogen (secondary N) is 2. The first kappa shape index (κ1) is 15.3. The molecular weight excluding hydrogens is 316 g/mol. The molecule has 0 fully saturated rings. The molecule has 2 aromatic rings. The normalized spacial score (nSPS) is 11.4. The number of aromatic nitrogens is 2. The first-order valence-corrected chi connectivity index (χ1v) is 7.72. The van der Waals surface area contributed by atoms with Crippen LogP contribution in [0.1, 0.15) is 21.7 Å². The van der Waals surface area contributed by atoms with Gasteiger partial charge in [-0.2, -0.15) is 5.10 Å². The standard InChI is InChI=1S/C12H13ClN4O3S/c1-6-3-4-8(13)5-9(6)21(19,20)17-10-7(2)15-16-11(10)12(14)18/h3-5,17H,1-2H3,(H2,14,18)(H,15,16). The fraction of sp³-hybridized carbons (Fsp3) is 0.167. The number of H-pyrrole nitrogens is 1. The lowest BCUT2D eigenvalue weighted by Crippen LogP contribution is -2.19. The first-order valence-electron chi connectivity index (χ1n) is 5.86. The van der Waals surface area contributed by atoms with E-state index in [1.807, 2.05) is 0 Å². The van der Waals surface area contributed by atoms with Crippen molar-refractivity contribution >= 4 is 33.2 Å². The third-order valence-corrected chi connectivity index (χ3v) is 4.58. The van der Waals surface area contributed by atoms with Gasteiger partial charge in [0.25, 0.3) is 15.9 Å². The summed E-state index contributed by atoms with van der Waals surface area (Å²) in [5.74, 6) is -0.833. The van der Waals surface area contributed by atoms with Crippen LogP contribution in [0.5, 0.6) is 0 Å². The van der Waals surface area contributed by atoms with E-state index in [4.69, 9.17) is 17.3 Å². The van der Waals surface area contributed by atoms with Crippen molar-refractivity contribution in [1.82, 2.24) is 10.2 Å². The average Bonchev–Trinajstić information content (AvgIpc) is 2.73. The molecule has 0 radical (unpaired) electrons. The number of sulfonamides is 1. The number of nitrogens with two attached hydrogens (primary N) is 1. The summed E-state index contributed by atoms with van der Waals surface area (Å²) < 4.78 is 27.2. The van der Waals surface area contributed by atoms with Crippen molar-refractivity contribution in [2.24, 2.45) is 5.73 Å². The fourth-order valence-electron chi connectivity index (χ4n) is 1.79. The van der Waals surface area contributed by atoms with E-state index in [2.05, 4.69) is 14.9 Å². The van der Waals surface area contributed by atoms with Crippen molar-refractivity contribution in [3.8, 4) is 0 Å². The Kier molecular flexibility index (Phi) is 3.93. The van der Waals surface area contributed by atoms with Crippen LogP contribution in [0.3, 0.4) is 0 Å². The minimum Gasteiger partial charge on any atom is -0.364 e. The SMILES string of the molecule is Cc1ccc(Cl)cc1S(=O)(=O)Nc1c(C(N)=O)n[nH]c1C. The number of benzene rings is 1. The van der Waals surface area contributed by atoms with Crippen LogP contribution in [0.15, 0.2) is 23.1 Å². The number of hydrogen-bond acceptors (Lipinski definition) is 4. The Morgan fingerprint density at radius 3 is 2.67 bits per heavy atom. The second-order valence-corrected chi connectivity index (χ2v) is 6.54. The van der Waals surface area contributed by atoms with Gasteiger partial charge in [0.05, 0.1) is 10.6 Å². The van der Waals surface area contributed by atoms with Gasteiger partial charge in [-0.3, -0.25) is 14.6 Å². The molecule has 1 aromatic carbocycles. The van der Waals surface area contributed by atoms with Gasteiger partial charge >= 0.3 is 0 Å². The van der Waals surface area contributed by atoms with Gasteiger partial charge in [0, 0.05) is 5.02 Å². The van der Waals surface area contributed by atoms with Gasteiger partial charge in [-0.15, -0.1) is 0 Å². The number of nitrogens with zero attached hydrogens (tertiary/aromatic N) is 1. The van der Waals surface area contributed by atoms with Gasteiger partial charge in [0.1, 0.15) is 5.69 Å². The van der Waals surface area contributed by atoms with Gasteiger partial charge in [-0.1, -0.05) is 17.7 Å². The van der Waals surface area contributed by atoms with Crippen LogP contribution in [-0.2, 0) is 10.0 Å². The number of aromatic amines is 1. The van der Waals surface area contributed by atoms with E-state index in [1.165, 1.54) is 6.07 Å². The van der Waals surface area contributed by atoms with E-state index in [0.29, 0.717) is 16.3 Å². The molecule has 0 saturated heterocycles. The smallest absolute Gasteiger partial charge is 0.271 e. The minimum absolute atomic E-state index is 0.0195. The second-order valence-electron chi connectivity index (χ2n) is 4.45. The Bertz CT molecular complexity index is 814. The van der Waals surface area contributed by atoms with Crippen molar-refractivity contribution < 1.29 is 13.2 Å². The van der Waals surface area contributed by atoms with Crippen molar-refractivity contribution in [3.05, 3.63) is 40.2 Å². The quantitative estimate of drug-likeness (QED) is 0.789. The summed E-state index contributed by atoms with van der Waals surface area (Å²) >= 11 is 5.83. The van der Waals surface area contributed by atoms with Gasteiger partial charge in [-0.25, -0.2) is 8.42 Å². The van der Waals surface area contributed by atoms with Gasteiger partial charge < -0.3 is 5.73 Å². The van der Waals surface area contributed by atoms with Crippen LogP contribution >= 0.6 is 11.6 Å². The third-order valence-electron chi connectivity index (χ3n) is 2.86. The van der Waals surface area contributed by atoms with Crippen molar-refractivity contribution in [1.29, 1.82) is 0 Å². The molecule has 0 aliphatic carbocycles. The summed E-state index contributed by atoms with van der Waals surface area (Å²) in [5.41, 5.74) is 5.92. The van der Waals surface area contributed by atoms with E-state index in [-0.39, 0.29) is 16.3 Å². The molecule has 0 saturated carbocycles. The zero-order chi connectivity index (χ0) is 15.8. The van der Waals surface area contributed by atoms with Gasteiger partial charge in [-0.05, 0) is 31.5 Å². The molecule has 9 heteroatoms. The number of rotatable bonds is 4. The number of carbonyl (C=O) groups is 1. The number of halogens is 1. The molecule has 1 amide bonds. The topological polar surface area (TPSA) is 118 Å². The third kappa shape index (κ3) is 3.01. The number of primary amides is 1. The largest absolute Gasteiger partial charge is 0.364 e. The van der Waals surface area contributed by atoms with E-state index < -0.39 is 15.9 Å². The highest BCUT2D eigenvalue weighted by Gasteiger charge is 2.23. The zero-order valence-electron chi connectivity index (χ0n) is 11.3.